The number of benzene rings is 1. The van der Waals surface area contributed by atoms with Crippen LogP contribution in [0.15, 0.2) is 30.3 Å². The second kappa shape index (κ2) is 11.1. The summed E-state index contributed by atoms with van der Waals surface area (Å²) in [6, 6.07) is 10.6. The quantitative estimate of drug-likeness (QED) is 0.325. The van der Waals surface area contributed by atoms with Crippen molar-refractivity contribution in [3.05, 3.63) is 35.9 Å². The van der Waals surface area contributed by atoms with Crippen molar-refractivity contribution >= 4 is 4.40 Å². The summed E-state index contributed by atoms with van der Waals surface area (Å²) in [5.41, 5.74) is -7.66. The Balaban J connectivity index is 0. The van der Waals surface area contributed by atoms with E-state index in [0.717, 1.165) is 0 Å². The van der Waals surface area contributed by atoms with Crippen molar-refractivity contribution in [1.82, 2.24) is 0 Å². The minimum absolute atomic E-state index is 0.214. The molecule has 2 nitrogen and oxygen atoms in total. The van der Waals surface area contributed by atoms with E-state index in [0.29, 0.717) is 0 Å². The summed E-state index contributed by atoms with van der Waals surface area (Å²) >= 11 is 2.04. The molecule has 0 aliphatic heterocycles. The molecule has 1 aromatic carbocycles. The Morgan fingerprint density at radius 3 is 0.970 bits per heavy atom. The molecule has 0 spiro atoms. The Hall–Kier alpha value is -1.14. The maximum absolute atomic E-state index is 11.4. The van der Waals surface area contributed by atoms with Gasteiger partial charge in [-0.25, -0.2) is 0 Å². The van der Waals surface area contributed by atoms with Crippen molar-refractivity contribution < 1.29 is 82.3 Å². The summed E-state index contributed by atoms with van der Waals surface area (Å²) in [7, 11) is 0. The molecule has 0 aromatic heterocycles. The maximum Gasteiger partial charge on any atom is 0.425 e. The second-order valence-corrected chi connectivity index (χ2v) is 7.92. The Bertz CT molecular complexity index is 662. The number of hydrogen-bond acceptors (Lipinski definition) is 2. The second-order valence-electron chi connectivity index (χ2n) is 7.34. The fraction of sp³-hybridized carbons (Fsp3) is 0.611. The SMILES string of the molecule is CC(C)([CH]=[Mo])c1ccccc1.CC(O)(C(F)(F)F)C(F)(F)F.CC(O)(C(F)(F)F)C(F)(F)F. The van der Waals surface area contributed by atoms with E-state index in [-0.39, 0.29) is 19.3 Å². The van der Waals surface area contributed by atoms with Gasteiger partial charge in [0.1, 0.15) is 0 Å². The van der Waals surface area contributed by atoms with Crippen molar-refractivity contribution in [3.8, 4) is 0 Å². The van der Waals surface area contributed by atoms with Crippen molar-refractivity contribution in [1.29, 1.82) is 0 Å². The Morgan fingerprint density at radius 2 is 0.818 bits per heavy atom. The topological polar surface area (TPSA) is 40.5 Å². The van der Waals surface area contributed by atoms with Crippen LogP contribution in [-0.4, -0.2) is 50.5 Å². The molecule has 0 aliphatic carbocycles. The Morgan fingerprint density at radius 1 is 0.576 bits per heavy atom. The average molecular weight is 592 g/mol. The van der Waals surface area contributed by atoms with Gasteiger partial charge in [0, 0.05) is 0 Å². The van der Waals surface area contributed by atoms with Gasteiger partial charge in [0.15, 0.2) is 0 Å². The predicted octanol–water partition coefficient (Wildman–Crippen LogP) is 6.04. The summed E-state index contributed by atoms with van der Waals surface area (Å²) in [4.78, 5) is 0. The molecular formula is C18H20F12MoO2. The largest absolute Gasteiger partial charge is 0.425 e. The molecule has 0 radical (unpaired) electrons. The van der Waals surface area contributed by atoms with E-state index in [1.807, 2.05) is 19.4 Å². The summed E-state index contributed by atoms with van der Waals surface area (Å²) in [6.45, 7) is 3.77. The van der Waals surface area contributed by atoms with Crippen LogP contribution in [0.3, 0.4) is 0 Å². The number of alkyl halides is 12. The molecule has 0 aliphatic rings. The molecule has 1 rings (SSSR count). The first-order valence-electron chi connectivity index (χ1n) is 8.40. The molecule has 194 valence electrons. The van der Waals surface area contributed by atoms with Gasteiger partial charge in [-0.2, -0.15) is 52.7 Å². The molecule has 2 N–H and O–H groups in total. The van der Waals surface area contributed by atoms with Crippen molar-refractivity contribution in [2.24, 2.45) is 0 Å². The number of hydrogen-bond donors (Lipinski definition) is 2. The normalized spacial score (nSPS) is 13.9. The molecule has 0 saturated heterocycles. The van der Waals surface area contributed by atoms with E-state index in [2.05, 4.69) is 48.6 Å². The van der Waals surface area contributed by atoms with E-state index in [9.17, 15) is 52.7 Å². The molecule has 0 saturated carbocycles. The van der Waals surface area contributed by atoms with E-state index >= 15 is 0 Å². The van der Waals surface area contributed by atoms with Crippen molar-refractivity contribution in [2.45, 2.75) is 69.0 Å². The van der Waals surface area contributed by atoms with Gasteiger partial charge < -0.3 is 10.2 Å². The third-order valence-corrected chi connectivity index (χ3v) is 5.47. The predicted molar refractivity (Wildman–Crippen MR) is 91.0 cm³/mol. The molecule has 0 heterocycles. The molecule has 0 bridgehead atoms. The van der Waals surface area contributed by atoms with Crippen LogP contribution >= 0.6 is 0 Å². The fourth-order valence-corrected chi connectivity index (χ4v) is 1.59. The first-order valence-corrected chi connectivity index (χ1v) is 9.56. The Kier molecular flexibility index (Phi) is 11.4. The molecule has 0 fully saturated rings. The third kappa shape index (κ3) is 9.56. The van der Waals surface area contributed by atoms with Gasteiger partial charge in [0.05, 0.1) is 0 Å². The zero-order chi connectivity index (χ0) is 27.3. The maximum atomic E-state index is 11.4. The summed E-state index contributed by atoms with van der Waals surface area (Å²) in [5.74, 6) is 0. The van der Waals surface area contributed by atoms with Gasteiger partial charge >= 0.3 is 104 Å². The van der Waals surface area contributed by atoms with Crippen LogP contribution in [0.1, 0.15) is 33.3 Å². The van der Waals surface area contributed by atoms with Gasteiger partial charge in [0.25, 0.3) is 11.2 Å². The number of aliphatic hydroxyl groups is 2. The van der Waals surface area contributed by atoms with Crippen LogP contribution in [0, 0.1) is 0 Å². The smallest absolute Gasteiger partial charge is 0.374 e. The van der Waals surface area contributed by atoms with Crippen LogP contribution in [0.2, 0.25) is 0 Å². The van der Waals surface area contributed by atoms with Crippen molar-refractivity contribution in [2.75, 3.05) is 0 Å². The average Bonchev–Trinajstić information content (AvgIpc) is 2.60. The van der Waals surface area contributed by atoms with Crippen LogP contribution in [-0.2, 0) is 24.8 Å². The van der Waals surface area contributed by atoms with Crippen LogP contribution in [0.25, 0.3) is 0 Å². The molecule has 0 unspecified atom stereocenters. The zero-order valence-electron chi connectivity index (χ0n) is 17.3. The minimum Gasteiger partial charge on any atom is -0.374 e. The van der Waals surface area contributed by atoms with Gasteiger partial charge in [0.2, 0.25) is 0 Å². The van der Waals surface area contributed by atoms with E-state index in [1.165, 1.54) is 5.56 Å². The summed E-state index contributed by atoms with van der Waals surface area (Å²) in [5, 5.41) is 15.9. The summed E-state index contributed by atoms with van der Waals surface area (Å²) < 4.78 is 139. The van der Waals surface area contributed by atoms with Gasteiger partial charge in [-0.15, -0.1) is 0 Å². The Labute approximate surface area is 192 Å². The van der Waals surface area contributed by atoms with Crippen LogP contribution in [0.4, 0.5) is 52.7 Å². The zero-order valence-corrected chi connectivity index (χ0v) is 19.3. The van der Waals surface area contributed by atoms with E-state index in [4.69, 9.17) is 10.2 Å². The van der Waals surface area contributed by atoms with Crippen molar-refractivity contribution in [3.63, 3.8) is 0 Å². The first kappa shape index (κ1) is 34.0. The first-order chi connectivity index (χ1) is 14.2. The number of rotatable bonds is 2. The van der Waals surface area contributed by atoms with Gasteiger partial charge in [-0.3, -0.25) is 0 Å². The standard InChI is InChI=1S/C10H12.2C4H4F6O.Mo/c1-10(2,3)9-7-5-4-6-8-9;2*1-2(11,3(5,6)7)4(8,9)10;/h1,4-8H,2-3H3;2*11H,1H3;. The molecule has 15 heteroatoms. The third-order valence-electron chi connectivity index (χ3n) is 4.02. The van der Waals surface area contributed by atoms with Crippen LogP contribution in [0.5, 0.6) is 0 Å². The monoisotopic (exact) mass is 594 g/mol. The molecule has 33 heavy (non-hydrogen) atoms. The summed E-state index contributed by atoms with van der Waals surface area (Å²) in [6.07, 6.45) is -22.8. The van der Waals surface area contributed by atoms with E-state index < -0.39 is 35.9 Å². The molecule has 1 aromatic rings. The fourth-order valence-electron chi connectivity index (χ4n) is 1.26. The van der Waals surface area contributed by atoms with Crippen LogP contribution < -0.4 is 0 Å². The van der Waals surface area contributed by atoms with Gasteiger partial charge in [-0.05, 0) is 13.8 Å². The molecular weight excluding hydrogens is 572 g/mol. The minimum atomic E-state index is -5.69. The molecule has 0 atom stereocenters. The van der Waals surface area contributed by atoms with E-state index in [1.54, 1.807) is 0 Å². The molecule has 0 amide bonds. The van der Waals surface area contributed by atoms with Gasteiger partial charge in [-0.1, -0.05) is 0 Å². The number of halogens is 12.